The van der Waals surface area contributed by atoms with Crippen LogP contribution in [0.15, 0.2) is 37.0 Å². The SMILES string of the molecule is C=CCCCC(=C)CCC/C=C/C. The van der Waals surface area contributed by atoms with Crippen molar-refractivity contribution in [1.82, 2.24) is 0 Å². The van der Waals surface area contributed by atoms with Gasteiger partial charge >= 0.3 is 0 Å². The Labute approximate surface area is 83.0 Å². The van der Waals surface area contributed by atoms with Crippen molar-refractivity contribution in [2.45, 2.75) is 45.4 Å². The molecule has 0 amide bonds. The van der Waals surface area contributed by atoms with Crippen molar-refractivity contribution in [3.8, 4) is 0 Å². The summed E-state index contributed by atoms with van der Waals surface area (Å²) in [6.45, 7) is 9.84. The molecule has 0 heterocycles. The van der Waals surface area contributed by atoms with Crippen LogP contribution in [0, 0.1) is 0 Å². The van der Waals surface area contributed by atoms with Gasteiger partial charge in [0, 0.05) is 0 Å². The molecule has 0 rings (SSSR count). The van der Waals surface area contributed by atoms with Crippen LogP contribution in [0.5, 0.6) is 0 Å². The molecular weight excluding hydrogens is 156 g/mol. The molecule has 0 unspecified atom stereocenters. The van der Waals surface area contributed by atoms with Crippen LogP contribution in [0.4, 0.5) is 0 Å². The van der Waals surface area contributed by atoms with Gasteiger partial charge in [0.1, 0.15) is 0 Å². The zero-order valence-electron chi connectivity index (χ0n) is 8.89. The van der Waals surface area contributed by atoms with E-state index in [0.717, 1.165) is 6.42 Å². The lowest BCUT2D eigenvalue weighted by molar-refractivity contribution is 0.750. The van der Waals surface area contributed by atoms with Crippen molar-refractivity contribution in [3.63, 3.8) is 0 Å². The van der Waals surface area contributed by atoms with Crippen LogP contribution >= 0.6 is 0 Å². The van der Waals surface area contributed by atoms with Gasteiger partial charge in [-0.2, -0.15) is 0 Å². The number of allylic oxidation sites excluding steroid dienone is 4. The van der Waals surface area contributed by atoms with Crippen LogP contribution in [0.25, 0.3) is 0 Å². The Morgan fingerprint density at radius 3 is 2.31 bits per heavy atom. The summed E-state index contributed by atoms with van der Waals surface area (Å²) in [6, 6.07) is 0. The minimum absolute atomic E-state index is 1.12. The Balaban J connectivity index is 3.24. The van der Waals surface area contributed by atoms with E-state index in [1.54, 1.807) is 0 Å². The van der Waals surface area contributed by atoms with Gasteiger partial charge in [0.2, 0.25) is 0 Å². The largest absolute Gasteiger partial charge is 0.103 e. The molecule has 0 aromatic rings. The summed E-state index contributed by atoms with van der Waals surface area (Å²) in [7, 11) is 0. The molecule has 0 radical (unpaired) electrons. The molecule has 0 bridgehead atoms. The predicted molar refractivity (Wildman–Crippen MR) is 61.9 cm³/mol. The number of hydrogen-bond donors (Lipinski definition) is 0. The minimum Gasteiger partial charge on any atom is -0.103 e. The van der Waals surface area contributed by atoms with E-state index in [9.17, 15) is 0 Å². The summed E-state index contributed by atoms with van der Waals surface area (Å²) in [5, 5.41) is 0. The van der Waals surface area contributed by atoms with Crippen molar-refractivity contribution < 1.29 is 0 Å². The molecule has 74 valence electrons. The second-order valence-electron chi connectivity index (χ2n) is 3.39. The maximum atomic E-state index is 4.07. The van der Waals surface area contributed by atoms with E-state index >= 15 is 0 Å². The maximum Gasteiger partial charge on any atom is -0.0320 e. The molecule has 0 fully saturated rings. The highest BCUT2D eigenvalue weighted by Gasteiger charge is 1.93. The molecule has 0 spiro atoms. The van der Waals surface area contributed by atoms with Crippen LogP contribution in [0.3, 0.4) is 0 Å². The first kappa shape index (κ1) is 12.2. The highest BCUT2D eigenvalue weighted by atomic mass is 14.0. The van der Waals surface area contributed by atoms with Crippen LogP contribution in [-0.2, 0) is 0 Å². The third kappa shape index (κ3) is 9.13. The molecular formula is C13H22. The average Bonchev–Trinajstić information content (AvgIpc) is 2.13. The summed E-state index contributed by atoms with van der Waals surface area (Å²) >= 11 is 0. The van der Waals surface area contributed by atoms with E-state index in [1.165, 1.54) is 37.7 Å². The van der Waals surface area contributed by atoms with Gasteiger partial charge in [-0.15, -0.1) is 6.58 Å². The third-order valence-corrected chi connectivity index (χ3v) is 2.08. The zero-order valence-corrected chi connectivity index (χ0v) is 8.89. The van der Waals surface area contributed by atoms with Crippen LogP contribution < -0.4 is 0 Å². The quantitative estimate of drug-likeness (QED) is 0.375. The van der Waals surface area contributed by atoms with Crippen LogP contribution in [-0.4, -0.2) is 0 Å². The van der Waals surface area contributed by atoms with E-state index in [0.29, 0.717) is 0 Å². The number of rotatable bonds is 8. The second-order valence-corrected chi connectivity index (χ2v) is 3.39. The summed E-state index contributed by atoms with van der Waals surface area (Å²) in [4.78, 5) is 0. The van der Waals surface area contributed by atoms with Crippen molar-refractivity contribution in [3.05, 3.63) is 37.0 Å². The van der Waals surface area contributed by atoms with E-state index in [2.05, 4.69) is 32.2 Å². The Hall–Kier alpha value is -0.780. The molecule has 0 nitrogen and oxygen atoms in total. The van der Waals surface area contributed by atoms with Gasteiger partial charge in [0.25, 0.3) is 0 Å². The van der Waals surface area contributed by atoms with Crippen LogP contribution in [0.1, 0.15) is 45.4 Å². The molecule has 0 aliphatic rings. The number of hydrogen-bond acceptors (Lipinski definition) is 0. The fraction of sp³-hybridized carbons (Fsp3) is 0.538. The Morgan fingerprint density at radius 2 is 1.77 bits per heavy atom. The zero-order chi connectivity index (χ0) is 9.94. The van der Waals surface area contributed by atoms with E-state index < -0.39 is 0 Å². The van der Waals surface area contributed by atoms with Gasteiger partial charge in [-0.1, -0.05) is 30.4 Å². The van der Waals surface area contributed by atoms with Crippen molar-refractivity contribution >= 4 is 0 Å². The molecule has 0 aliphatic carbocycles. The van der Waals surface area contributed by atoms with E-state index in [4.69, 9.17) is 0 Å². The lowest BCUT2D eigenvalue weighted by atomic mass is 10.0. The maximum absolute atomic E-state index is 4.07. The molecule has 0 saturated carbocycles. The normalized spacial score (nSPS) is 10.5. The molecule has 0 N–H and O–H groups in total. The molecule has 0 saturated heterocycles. The van der Waals surface area contributed by atoms with Gasteiger partial charge in [0.15, 0.2) is 0 Å². The second kappa shape index (κ2) is 9.31. The Morgan fingerprint density at radius 1 is 1.15 bits per heavy atom. The molecule has 0 aliphatic heterocycles. The molecule has 0 atom stereocenters. The Kier molecular flexibility index (Phi) is 8.75. The molecule has 0 heteroatoms. The van der Waals surface area contributed by atoms with Gasteiger partial charge in [0.05, 0.1) is 0 Å². The van der Waals surface area contributed by atoms with Gasteiger partial charge in [-0.05, 0) is 45.4 Å². The van der Waals surface area contributed by atoms with Gasteiger partial charge < -0.3 is 0 Å². The monoisotopic (exact) mass is 178 g/mol. The minimum atomic E-state index is 1.12. The van der Waals surface area contributed by atoms with Gasteiger partial charge in [-0.3, -0.25) is 0 Å². The smallest absolute Gasteiger partial charge is 0.0320 e. The first-order valence-corrected chi connectivity index (χ1v) is 5.20. The Bertz CT molecular complexity index is 163. The first-order valence-electron chi connectivity index (χ1n) is 5.20. The van der Waals surface area contributed by atoms with Crippen LogP contribution in [0.2, 0.25) is 0 Å². The van der Waals surface area contributed by atoms with Crippen molar-refractivity contribution in [2.24, 2.45) is 0 Å². The molecule has 13 heavy (non-hydrogen) atoms. The molecule has 0 aromatic carbocycles. The first-order chi connectivity index (χ1) is 6.31. The third-order valence-electron chi connectivity index (χ3n) is 2.08. The lowest BCUT2D eigenvalue weighted by Gasteiger charge is -2.02. The average molecular weight is 178 g/mol. The lowest BCUT2D eigenvalue weighted by Crippen LogP contribution is -1.82. The predicted octanol–water partition coefficient (Wildman–Crippen LogP) is 4.65. The fourth-order valence-corrected chi connectivity index (χ4v) is 1.26. The summed E-state index contributed by atoms with van der Waals surface area (Å²) < 4.78 is 0. The highest BCUT2D eigenvalue weighted by Crippen LogP contribution is 2.12. The summed E-state index contributed by atoms with van der Waals surface area (Å²) in [5.41, 5.74) is 1.39. The summed E-state index contributed by atoms with van der Waals surface area (Å²) in [5.74, 6) is 0. The summed E-state index contributed by atoms with van der Waals surface area (Å²) in [6.07, 6.45) is 13.4. The van der Waals surface area contributed by atoms with Gasteiger partial charge in [-0.25, -0.2) is 0 Å². The standard InChI is InChI=1S/C13H22/c1-4-6-8-10-12-13(3)11-9-7-5-2/h4-6H,2-3,7-12H2,1H3/b6-4+. The van der Waals surface area contributed by atoms with E-state index in [1.807, 2.05) is 6.08 Å². The van der Waals surface area contributed by atoms with E-state index in [-0.39, 0.29) is 0 Å². The molecule has 0 aromatic heterocycles. The highest BCUT2D eigenvalue weighted by molar-refractivity contribution is 4.94. The fourth-order valence-electron chi connectivity index (χ4n) is 1.26. The topological polar surface area (TPSA) is 0 Å². The number of unbranched alkanes of at least 4 members (excludes halogenated alkanes) is 2. The van der Waals surface area contributed by atoms with Crippen molar-refractivity contribution in [1.29, 1.82) is 0 Å². The van der Waals surface area contributed by atoms with Crippen molar-refractivity contribution in [2.75, 3.05) is 0 Å².